The third-order valence-electron chi connectivity index (χ3n) is 2.37. The topological polar surface area (TPSA) is 52.3 Å². The minimum Gasteiger partial charge on any atom is -0.469 e. The Morgan fingerprint density at radius 2 is 2.36 bits per heavy atom. The van der Waals surface area contributed by atoms with E-state index in [4.69, 9.17) is 5.73 Å². The fourth-order valence-electron chi connectivity index (χ4n) is 1.62. The summed E-state index contributed by atoms with van der Waals surface area (Å²) in [5.41, 5.74) is 5.77. The van der Waals surface area contributed by atoms with Crippen LogP contribution in [0.1, 0.15) is 25.7 Å². The maximum atomic E-state index is 10.8. The van der Waals surface area contributed by atoms with Gasteiger partial charge in [0, 0.05) is 12.5 Å². The van der Waals surface area contributed by atoms with Crippen molar-refractivity contribution in [3.63, 3.8) is 0 Å². The number of carbonyl (C=O) groups excluding carboxylic acids is 1. The quantitative estimate of drug-likeness (QED) is 0.599. The first kappa shape index (κ1) is 8.53. The van der Waals surface area contributed by atoms with Gasteiger partial charge in [-0.15, -0.1) is 0 Å². The Hall–Kier alpha value is -0.570. The molecule has 11 heavy (non-hydrogen) atoms. The first-order valence-electron chi connectivity index (χ1n) is 4.06. The largest absolute Gasteiger partial charge is 0.469 e. The van der Waals surface area contributed by atoms with E-state index in [0.717, 1.165) is 19.3 Å². The maximum Gasteiger partial charge on any atom is 0.305 e. The highest BCUT2D eigenvalue weighted by atomic mass is 16.5. The van der Waals surface area contributed by atoms with Crippen molar-refractivity contribution in [3.05, 3.63) is 0 Å². The predicted octanol–water partition coefficient (Wildman–Crippen LogP) is 0.677. The third-order valence-corrected chi connectivity index (χ3v) is 2.37. The van der Waals surface area contributed by atoms with Gasteiger partial charge in [-0.25, -0.2) is 0 Å². The summed E-state index contributed by atoms with van der Waals surface area (Å²) in [4.78, 5) is 10.8. The Labute approximate surface area is 66.9 Å². The Morgan fingerprint density at radius 1 is 1.64 bits per heavy atom. The highest BCUT2D eigenvalue weighted by Gasteiger charge is 2.26. The van der Waals surface area contributed by atoms with Gasteiger partial charge in [0.15, 0.2) is 0 Å². The molecule has 0 aromatic rings. The lowest BCUT2D eigenvalue weighted by Gasteiger charge is -2.12. The number of esters is 1. The summed E-state index contributed by atoms with van der Waals surface area (Å²) in [6.07, 6.45) is 3.79. The minimum absolute atomic E-state index is 0.132. The minimum atomic E-state index is -0.132. The van der Waals surface area contributed by atoms with Crippen LogP contribution in [0.4, 0.5) is 0 Å². The SMILES string of the molecule is COC(=O)CC1CCCC1N. The van der Waals surface area contributed by atoms with E-state index < -0.39 is 0 Å². The molecule has 3 nitrogen and oxygen atoms in total. The van der Waals surface area contributed by atoms with Crippen LogP contribution in [0.5, 0.6) is 0 Å². The summed E-state index contributed by atoms with van der Waals surface area (Å²) in [6.45, 7) is 0. The van der Waals surface area contributed by atoms with Gasteiger partial charge in [-0.2, -0.15) is 0 Å². The Balaban J connectivity index is 2.30. The number of hydrogen-bond donors (Lipinski definition) is 1. The Kier molecular flexibility index (Phi) is 2.88. The van der Waals surface area contributed by atoms with Gasteiger partial charge in [0.2, 0.25) is 0 Å². The van der Waals surface area contributed by atoms with Crippen LogP contribution in [0.25, 0.3) is 0 Å². The van der Waals surface area contributed by atoms with E-state index in [1.54, 1.807) is 0 Å². The van der Waals surface area contributed by atoms with Crippen molar-refractivity contribution in [3.8, 4) is 0 Å². The molecule has 2 atom stereocenters. The summed E-state index contributed by atoms with van der Waals surface area (Å²) < 4.78 is 4.57. The molecule has 3 heteroatoms. The molecule has 1 rings (SSSR count). The summed E-state index contributed by atoms with van der Waals surface area (Å²) in [5, 5.41) is 0. The maximum absolute atomic E-state index is 10.8. The van der Waals surface area contributed by atoms with Crippen molar-refractivity contribution < 1.29 is 9.53 Å². The van der Waals surface area contributed by atoms with Crippen molar-refractivity contribution in [1.29, 1.82) is 0 Å². The molecule has 2 unspecified atom stereocenters. The highest BCUT2D eigenvalue weighted by molar-refractivity contribution is 5.69. The number of methoxy groups -OCH3 is 1. The molecule has 0 heterocycles. The van der Waals surface area contributed by atoms with Gasteiger partial charge < -0.3 is 10.5 Å². The molecule has 0 bridgehead atoms. The van der Waals surface area contributed by atoms with E-state index in [2.05, 4.69) is 4.74 Å². The molecule has 0 aliphatic heterocycles. The van der Waals surface area contributed by atoms with Gasteiger partial charge in [0.05, 0.1) is 7.11 Å². The lowest BCUT2D eigenvalue weighted by molar-refractivity contribution is -0.141. The van der Waals surface area contributed by atoms with E-state index >= 15 is 0 Å². The standard InChI is InChI=1S/C8H15NO2/c1-11-8(10)5-6-3-2-4-7(6)9/h6-7H,2-5,9H2,1H3. The second kappa shape index (κ2) is 3.72. The monoisotopic (exact) mass is 157 g/mol. The number of hydrogen-bond acceptors (Lipinski definition) is 3. The average molecular weight is 157 g/mol. The van der Waals surface area contributed by atoms with Crippen molar-refractivity contribution in [1.82, 2.24) is 0 Å². The molecule has 0 radical (unpaired) electrons. The number of rotatable bonds is 2. The van der Waals surface area contributed by atoms with Crippen molar-refractivity contribution in [2.75, 3.05) is 7.11 Å². The zero-order chi connectivity index (χ0) is 8.27. The molecular weight excluding hydrogens is 142 g/mol. The van der Waals surface area contributed by atoms with Gasteiger partial charge in [0.25, 0.3) is 0 Å². The fraction of sp³-hybridized carbons (Fsp3) is 0.875. The lowest BCUT2D eigenvalue weighted by atomic mass is 10.0. The van der Waals surface area contributed by atoms with Crippen LogP contribution < -0.4 is 5.73 Å². The molecule has 0 aromatic heterocycles. The van der Waals surface area contributed by atoms with E-state index in [1.807, 2.05) is 0 Å². The Bertz CT molecular complexity index is 147. The molecule has 1 aliphatic carbocycles. The molecule has 1 aliphatic rings. The van der Waals surface area contributed by atoms with Crippen LogP contribution in [-0.4, -0.2) is 19.1 Å². The van der Waals surface area contributed by atoms with E-state index in [-0.39, 0.29) is 12.0 Å². The summed E-state index contributed by atoms with van der Waals surface area (Å²) in [5.74, 6) is 0.231. The molecule has 0 aromatic carbocycles. The normalized spacial score (nSPS) is 30.4. The van der Waals surface area contributed by atoms with Crippen LogP contribution in [-0.2, 0) is 9.53 Å². The zero-order valence-electron chi connectivity index (χ0n) is 6.88. The molecule has 2 N–H and O–H groups in total. The molecule has 0 saturated heterocycles. The number of carbonyl (C=O) groups is 1. The first-order valence-corrected chi connectivity index (χ1v) is 4.06. The highest BCUT2D eigenvalue weighted by Crippen LogP contribution is 2.26. The van der Waals surface area contributed by atoms with E-state index in [1.165, 1.54) is 7.11 Å². The second-order valence-corrected chi connectivity index (χ2v) is 3.14. The van der Waals surface area contributed by atoms with Gasteiger partial charge in [-0.1, -0.05) is 6.42 Å². The summed E-state index contributed by atoms with van der Waals surface area (Å²) in [7, 11) is 1.42. The van der Waals surface area contributed by atoms with Gasteiger partial charge in [-0.05, 0) is 18.8 Å². The smallest absolute Gasteiger partial charge is 0.305 e. The Morgan fingerprint density at radius 3 is 2.82 bits per heavy atom. The summed E-state index contributed by atoms with van der Waals surface area (Å²) >= 11 is 0. The fourth-order valence-corrected chi connectivity index (χ4v) is 1.62. The molecule has 0 amide bonds. The van der Waals surface area contributed by atoms with Crippen molar-refractivity contribution in [2.24, 2.45) is 11.7 Å². The van der Waals surface area contributed by atoms with Crippen LogP contribution in [0.2, 0.25) is 0 Å². The van der Waals surface area contributed by atoms with Gasteiger partial charge >= 0.3 is 5.97 Å². The van der Waals surface area contributed by atoms with Gasteiger partial charge in [0.1, 0.15) is 0 Å². The van der Waals surface area contributed by atoms with Crippen LogP contribution >= 0.6 is 0 Å². The number of ether oxygens (including phenoxy) is 1. The average Bonchev–Trinajstić information content (AvgIpc) is 2.37. The van der Waals surface area contributed by atoms with Crippen LogP contribution in [0.15, 0.2) is 0 Å². The predicted molar refractivity (Wildman–Crippen MR) is 41.9 cm³/mol. The molecular formula is C8H15NO2. The number of nitrogens with two attached hydrogens (primary N) is 1. The van der Waals surface area contributed by atoms with Crippen molar-refractivity contribution in [2.45, 2.75) is 31.7 Å². The lowest BCUT2D eigenvalue weighted by Crippen LogP contribution is -2.26. The third kappa shape index (κ3) is 2.19. The summed E-state index contributed by atoms with van der Waals surface area (Å²) in [6, 6.07) is 0.217. The molecule has 1 saturated carbocycles. The zero-order valence-corrected chi connectivity index (χ0v) is 6.88. The second-order valence-electron chi connectivity index (χ2n) is 3.14. The molecule has 1 fully saturated rings. The van der Waals surface area contributed by atoms with E-state index in [9.17, 15) is 4.79 Å². The van der Waals surface area contributed by atoms with Crippen molar-refractivity contribution >= 4 is 5.97 Å². The molecule has 0 spiro atoms. The van der Waals surface area contributed by atoms with Crippen LogP contribution in [0, 0.1) is 5.92 Å². The molecule has 64 valence electrons. The van der Waals surface area contributed by atoms with E-state index in [0.29, 0.717) is 12.3 Å². The van der Waals surface area contributed by atoms with Crippen LogP contribution in [0.3, 0.4) is 0 Å². The van der Waals surface area contributed by atoms with Gasteiger partial charge in [-0.3, -0.25) is 4.79 Å². The first-order chi connectivity index (χ1) is 5.24.